The number of hydrazone groups is 1. The lowest BCUT2D eigenvalue weighted by atomic mass is 10.6. The second kappa shape index (κ2) is 3.33. The summed E-state index contributed by atoms with van der Waals surface area (Å²) in [6, 6.07) is 0. The van der Waals surface area contributed by atoms with Gasteiger partial charge in [0.25, 0.3) is 0 Å². The van der Waals surface area contributed by atoms with Crippen molar-refractivity contribution in [2.24, 2.45) is 5.10 Å². The molecule has 3 heteroatoms. The monoisotopic (exact) mass is 129 g/mol. The van der Waals surface area contributed by atoms with Gasteiger partial charge in [-0.1, -0.05) is 0 Å². The minimum atomic E-state index is 1.01. The normalized spacial score (nSPS) is 11.4. The first kappa shape index (κ1) is 8.27. The van der Waals surface area contributed by atoms with E-state index in [4.69, 9.17) is 0 Å². The van der Waals surface area contributed by atoms with Crippen LogP contribution in [-0.2, 0) is 0 Å². The summed E-state index contributed by atoms with van der Waals surface area (Å²) in [7, 11) is 7.77. The van der Waals surface area contributed by atoms with Crippen molar-refractivity contribution in [1.29, 1.82) is 0 Å². The van der Waals surface area contributed by atoms with E-state index >= 15 is 0 Å². The Morgan fingerprint density at radius 3 is 1.67 bits per heavy atom. The number of hydrogen-bond donors (Lipinski definition) is 0. The SMILES string of the molecule is C/C(=N\N(C)C)N(C)C. The molecule has 3 nitrogen and oxygen atoms in total. The second-order valence-corrected chi connectivity index (χ2v) is 2.39. The minimum Gasteiger partial charge on any atom is -0.365 e. The molecule has 0 amide bonds. The van der Waals surface area contributed by atoms with Crippen molar-refractivity contribution in [1.82, 2.24) is 9.91 Å². The molecule has 54 valence electrons. The number of rotatable bonds is 1. The van der Waals surface area contributed by atoms with Crippen molar-refractivity contribution in [2.75, 3.05) is 28.2 Å². The number of nitrogens with zero attached hydrogens (tertiary/aromatic N) is 3. The Morgan fingerprint density at radius 2 is 1.56 bits per heavy atom. The molecule has 0 aliphatic carbocycles. The van der Waals surface area contributed by atoms with Gasteiger partial charge in [-0.3, -0.25) is 0 Å². The van der Waals surface area contributed by atoms with Crippen molar-refractivity contribution >= 4 is 5.84 Å². The van der Waals surface area contributed by atoms with Crippen molar-refractivity contribution in [3.05, 3.63) is 0 Å². The van der Waals surface area contributed by atoms with Crippen molar-refractivity contribution in [3.8, 4) is 0 Å². The zero-order valence-electron chi connectivity index (χ0n) is 6.84. The van der Waals surface area contributed by atoms with E-state index in [2.05, 4.69) is 5.10 Å². The van der Waals surface area contributed by atoms with Gasteiger partial charge >= 0.3 is 0 Å². The van der Waals surface area contributed by atoms with Gasteiger partial charge in [0.15, 0.2) is 0 Å². The molecule has 0 saturated carbocycles. The van der Waals surface area contributed by atoms with E-state index in [1.54, 1.807) is 5.01 Å². The smallest absolute Gasteiger partial charge is 0.121 e. The minimum absolute atomic E-state index is 1.01. The third-order valence-electron chi connectivity index (χ3n) is 0.992. The van der Waals surface area contributed by atoms with Crippen LogP contribution in [0.5, 0.6) is 0 Å². The highest BCUT2D eigenvalue weighted by atomic mass is 15.4. The summed E-state index contributed by atoms with van der Waals surface area (Å²) < 4.78 is 0. The van der Waals surface area contributed by atoms with E-state index in [1.165, 1.54) is 0 Å². The summed E-state index contributed by atoms with van der Waals surface area (Å²) in [6.07, 6.45) is 0. The Balaban J connectivity index is 3.84. The largest absolute Gasteiger partial charge is 0.365 e. The first-order valence-corrected chi connectivity index (χ1v) is 2.94. The van der Waals surface area contributed by atoms with Crippen LogP contribution in [0.25, 0.3) is 0 Å². The molecular formula is C6H15N3. The van der Waals surface area contributed by atoms with Crippen LogP contribution in [0.4, 0.5) is 0 Å². The zero-order chi connectivity index (χ0) is 7.44. The Kier molecular flexibility index (Phi) is 3.06. The molecule has 0 bridgehead atoms. The van der Waals surface area contributed by atoms with Gasteiger partial charge in [-0.05, 0) is 6.92 Å². The topological polar surface area (TPSA) is 18.8 Å². The zero-order valence-corrected chi connectivity index (χ0v) is 6.84. The molecule has 0 radical (unpaired) electrons. The molecule has 0 aromatic carbocycles. The average Bonchev–Trinajstić information content (AvgIpc) is 1.63. The summed E-state index contributed by atoms with van der Waals surface area (Å²) in [5, 5.41) is 5.94. The van der Waals surface area contributed by atoms with Crippen molar-refractivity contribution in [3.63, 3.8) is 0 Å². The van der Waals surface area contributed by atoms with Crippen molar-refractivity contribution < 1.29 is 0 Å². The first-order valence-electron chi connectivity index (χ1n) is 2.94. The van der Waals surface area contributed by atoms with Gasteiger partial charge in [0.2, 0.25) is 0 Å². The molecule has 0 N–H and O–H groups in total. The van der Waals surface area contributed by atoms with Crippen LogP contribution in [0.3, 0.4) is 0 Å². The molecule has 0 rings (SSSR count). The van der Waals surface area contributed by atoms with Crippen LogP contribution in [0, 0.1) is 0 Å². The number of hydrogen-bond acceptors (Lipinski definition) is 2. The first-order chi connectivity index (χ1) is 4.04. The Labute approximate surface area is 56.9 Å². The molecule has 0 aliphatic rings. The maximum atomic E-state index is 4.15. The predicted octanol–water partition coefficient (Wildman–Crippen LogP) is 0.443. The lowest BCUT2D eigenvalue weighted by Gasteiger charge is -2.13. The lowest BCUT2D eigenvalue weighted by Crippen LogP contribution is -2.21. The van der Waals surface area contributed by atoms with Gasteiger partial charge < -0.3 is 9.91 Å². The molecule has 0 atom stereocenters. The summed E-state index contributed by atoms with van der Waals surface area (Å²) >= 11 is 0. The van der Waals surface area contributed by atoms with Gasteiger partial charge in [0, 0.05) is 28.2 Å². The summed E-state index contributed by atoms with van der Waals surface area (Å²) in [6.45, 7) is 1.97. The molecule has 0 aliphatic heterocycles. The maximum absolute atomic E-state index is 4.15. The molecule has 0 aromatic rings. The molecule has 0 fully saturated rings. The lowest BCUT2D eigenvalue weighted by molar-refractivity contribution is 0.423. The molecule has 0 spiro atoms. The standard InChI is InChI=1S/C6H15N3/c1-6(8(2)3)7-9(4)5/h1-5H3/b7-6+. The molecule has 9 heavy (non-hydrogen) atoms. The Bertz CT molecular complexity index is 105. The van der Waals surface area contributed by atoms with Crippen LogP contribution in [-0.4, -0.2) is 43.9 Å². The van der Waals surface area contributed by atoms with Crippen LogP contribution in [0.2, 0.25) is 0 Å². The maximum Gasteiger partial charge on any atom is 0.121 e. The van der Waals surface area contributed by atoms with E-state index in [0.717, 1.165) is 5.84 Å². The number of amidine groups is 1. The Hall–Kier alpha value is -0.730. The van der Waals surface area contributed by atoms with Gasteiger partial charge in [0.05, 0.1) is 0 Å². The second-order valence-electron chi connectivity index (χ2n) is 2.39. The molecule has 0 unspecified atom stereocenters. The molecule has 0 heterocycles. The van der Waals surface area contributed by atoms with E-state index in [1.807, 2.05) is 40.0 Å². The van der Waals surface area contributed by atoms with Crippen LogP contribution in [0.15, 0.2) is 5.10 Å². The van der Waals surface area contributed by atoms with E-state index < -0.39 is 0 Å². The van der Waals surface area contributed by atoms with Gasteiger partial charge in [-0.15, -0.1) is 0 Å². The van der Waals surface area contributed by atoms with Gasteiger partial charge in [-0.2, -0.15) is 5.10 Å². The van der Waals surface area contributed by atoms with Gasteiger partial charge in [-0.25, -0.2) is 0 Å². The average molecular weight is 129 g/mol. The molecule has 0 aromatic heterocycles. The highest BCUT2D eigenvalue weighted by Gasteiger charge is 1.90. The molecular weight excluding hydrogens is 114 g/mol. The third kappa shape index (κ3) is 3.82. The van der Waals surface area contributed by atoms with Crippen LogP contribution < -0.4 is 0 Å². The highest BCUT2D eigenvalue weighted by Crippen LogP contribution is 1.83. The van der Waals surface area contributed by atoms with Gasteiger partial charge in [0.1, 0.15) is 5.84 Å². The molecule has 0 saturated heterocycles. The Morgan fingerprint density at radius 1 is 1.11 bits per heavy atom. The fourth-order valence-electron chi connectivity index (χ4n) is 0.379. The highest BCUT2D eigenvalue weighted by molar-refractivity contribution is 5.78. The summed E-state index contributed by atoms with van der Waals surface area (Å²) in [4.78, 5) is 1.97. The van der Waals surface area contributed by atoms with Crippen LogP contribution >= 0.6 is 0 Å². The summed E-state index contributed by atoms with van der Waals surface area (Å²) in [5.41, 5.74) is 0. The van der Waals surface area contributed by atoms with E-state index in [0.29, 0.717) is 0 Å². The van der Waals surface area contributed by atoms with Crippen LogP contribution in [0.1, 0.15) is 6.92 Å². The predicted molar refractivity (Wildman–Crippen MR) is 40.5 cm³/mol. The fraction of sp³-hybridized carbons (Fsp3) is 0.833. The van der Waals surface area contributed by atoms with E-state index in [9.17, 15) is 0 Å². The van der Waals surface area contributed by atoms with Crippen molar-refractivity contribution in [2.45, 2.75) is 6.92 Å². The van der Waals surface area contributed by atoms with E-state index in [-0.39, 0.29) is 0 Å². The fourth-order valence-corrected chi connectivity index (χ4v) is 0.379. The third-order valence-corrected chi connectivity index (χ3v) is 0.992. The summed E-state index contributed by atoms with van der Waals surface area (Å²) in [5.74, 6) is 1.01. The quantitative estimate of drug-likeness (QED) is 0.291.